The minimum absolute atomic E-state index is 0.00614. The second kappa shape index (κ2) is 7.29. The molecule has 1 unspecified atom stereocenters. The molecule has 1 saturated heterocycles. The van der Waals surface area contributed by atoms with Gasteiger partial charge >= 0.3 is 0 Å². The molecular weight excluding hydrogens is 264 g/mol. The summed E-state index contributed by atoms with van der Waals surface area (Å²) in [5, 5.41) is 0.790. The normalized spacial score (nSPS) is 20.1. The van der Waals surface area contributed by atoms with E-state index in [1.165, 1.54) is 12.1 Å². The fourth-order valence-electron chi connectivity index (χ4n) is 2.26. The van der Waals surface area contributed by atoms with Crippen LogP contribution in [0.15, 0.2) is 12.3 Å². The molecule has 1 fully saturated rings. The van der Waals surface area contributed by atoms with Crippen LogP contribution in [0, 0.1) is 0 Å². The van der Waals surface area contributed by atoms with Crippen LogP contribution in [-0.2, 0) is 23.1 Å². The van der Waals surface area contributed by atoms with Gasteiger partial charge in [-0.15, -0.1) is 0 Å². The van der Waals surface area contributed by atoms with Crippen LogP contribution in [0.5, 0.6) is 0 Å². The Morgan fingerprint density at radius 3 is 3.00 bits per heavy atom. The largest absolute Gasteiger partial charge is 0.353 e. The van der Waals surface area contributed by atoms with Crippen LogP contribution < -0.4 is 0 Å². The summed E-state index contributed by atoms with van der Waals surface area (Å²) in [6.07, 6.45) is 5.33. The van der Waals surface area contributed by atoms with E-state index in [2.05, 4.69) is 16.5 Å². The average Bonchev–Trinajstić information content (AvgIpc) is 2.69. The SMILES string of the molecule is CN(CCOC1CCCCO1)Cc1cc(Cl)cn1C. The first-order valence-electron chi connectivity index (χ1n) is 6.87. The third-order valence-corrected chi connectivity index (χ3v) is 3.63. The summed E-state index contributed by atoms with van der Waals surface area (Å²) in [6.45, 7) is 3.31. The van der Waals surface area contributed by atoms with Crippen molar-refractivity contribution in [3.8, 4) is 0 Å². The minimum Gasteiger partial charge on any atom is -0.353 e. The van der Waals surface area contributed by atoms with E-state index in [0.717, 1.165) is 37.6 Å². The van der Waals surface area contributed by atoms with E-state index in [1.807, 2.05) is 19.3 Å². The molecule has 0 N–H and O–H groups in total. The lowest BCUT2D eigenvalue weighted by atomic mass is 10.2. The number of likely N-dealkylation sites (N-methyl/N-ethyl adjacent to an activating group) is 1. The number of rotatable bonds is 6. The van der Waals surface area contributed by atoms with Crippen molar-refractivity contribution >= 4 is 11.6 Å². The highest BCUT2D eigenvalue weighted by molar-refractivity contribution is 6.30. The summed E-state index contributed by atoms with van der Waals surface area (Å²) in [7, 11) is 4.10. The fraction of sp³-hybridized carbons (Fsp3) is 0.714. The lowest BCUT2D eigenvalue weighted by Gasteiger charge is -2.24. The highest BCUT2D eigenvalue weighted by Crippen LogP contribution is 2.15. The van der Waals surface area contributed by atoms with Gasteiger partial charge in [-0.1, -0.05) is 11.6 Å². The third-order valence-electron chi connectivity index (χ3n) is 3.42. The Labute approximate surface area is 120 Å². The zero-order chi connectivity index (χ0) is 13.7. The van der Waals surface area contributed by atoms with E-state index >= 15 is 0 Å². The van der Waals surface area contributed by atoms with Crippen molar-refractivity contribution in [2.75, 3.05) is 26.8 Å². The molecule has 1 aliphatic rings. The molecule has 0 aliphatic carbocycles. The van der Waals surface area contributed by atoms with Gasteiger partial charge in [0.1, 0.15) is 0 Å². The third kappa shape index (κ3) is 4.80. The summed E-state index contributed by atoms with van der Waals surface area (Å²) < 4.78 is 13.3. The van der Waals surface area contributed by atoms with Crippen LogP contribution in [0.2, 0.25) is 5.02 Å². The van der Waals surface area contributed by atoms with Crippen molar-refractivity contribution in [1.82, 2.24) is 9.47 Å². The van der Waals surface area contributed by atoms with E-state index in [4.69, 9.17) is 21.1 Å². The fourth-order valence-corrected chi connectivity index (χ4v) is 2.53. The highest BCUT2D eigenvalue weighted by atomic mass is 35.5. The highest BCUT2D eigenvalue weighted by Gasteiger charge is 2.14. The molecule has 0 aromatic carbocycles. The van der Waals surface area contributed by atoms with E-state index in [0.29, 0.717) is 6.61 Å². The Bertz CT molecular complexity index is 389. The predicted octanol–water partition coefficient (Wildman–Crippen LogP) is 2.65. The molecule has 4 nitrogen and oxygen atoms in total. The molecule has 0 saturated carbocycles. The van der Waals surface area contributed by atoms with Crippen molar-refractivity contribution in [2.24, 2.45) is 7.05 Å². The Morgan fingerprint density at radius 2 is 2.37 bits per heavy atom. The van der Waals surface area contributed by atoms with Gasteiger partial charge in [0.05, 0.1) is 11.6 Å². The first-order chi connectivity index (χ1) is 9.15. The standard InChI is InChI=1S/C14H23ClN2O2/c1-16(11-13-9-12(15)10-17(13)2)6-8-19-14-5-3-4-7-18-14/h9-10,14H,3-8,11H2,1-2H3. The Balaban J connectivity index is 1.66. The van der Waals surface area contributed by atoms with Crippen LogP contribution in [0.4, 0.5) is 0 Å². The van der Waals surface area contributed by atoms with Gasteiger partial charge in [-0.2, -0.15) is 0 Å². The number of ether oxygens (including phenoxy) is 2. The second-order valence-electron chi connectivity index (χ2n) is 5.17. The lowest BCUT2D eigenvalue weighted by Crippen LogP contribution is -2.28. The van der Waals surface area contributed by atoms with Gasteiger partial charge in [-0.25, -0.2) is 0 Å². The van der Waals surface area contributed by atoms with Crippen LogP contribution in [0.1, 0.15) is 25.0 Å². The zero-order valence-corrected chi connectivity index (χ0v) is 12.5. The summed E-state index contributed by atoms with van der Waals surface area (Å²) in [5.41, 5.74) is 1.21. The van der Waals surface area contributed by atoms with E-state index < -0.39 is 0 Å². The minimum atomic E-state index is 0.00614. The maximum absolute atomic E-state index is 5.97. The van der Waals surface area contributed by atoms with E-state index in [-0.39, 0.29) is 6.29 Å². The summed E-state index contributed by atoms with van der Waals surface area (Å²) in [4.78, 5) is 2.23. The summed E-state index contributed by atoms with van der Waals surface area (Å²) in [6, 6.07) is 2.00. The van der Waals surface area contributed by atoms with E-state index in [1.54, 1.807) is 0 Å². The topological polar surface area (TPSA) is 26.6 Å². The van der Waals surface area contributed by atoms with Crippen molar-refractivity contribution in [3.63, 3.8) is 0 Å². The molecule has 2 heterocycles. The van der Waals surface area contributed by atoms with Crippen LogP contribution in [-0.4, -0.2) is 42.6 Å². The first kappa shape index (κ1) is 14.9. The molecule has 1 atom stereocenters. The Hall–Kier alpha value is -0.550. The van der Waals surface area contributed by atoms with Crippen LogP contribution >= 0.6 is 11.6 Å². The number of hydrogen-bond acceptors (Lipinski definition) is 3. The molecule has 1 aromatic rings. The molecule has 0 amide bonds. The number of aryl methyl sites for hydroxylation is 1. The van der Waals surface area contributed by atoms with Crippen molar-refractivity contribution < 1.29 is 9.47 Å². The maximum Gasteiger partial charge on any atom is 0.157 e. The van der Waals surface area contributed by atoms with Crippen LogP contribution in [0.25, 0.3) is 0 Å². The molecule has 108 valence electrons. The van der Waals surface area contributed by atoms with Crippen LogP contribution in [0.3, 0.4) is 0 Å². The number of nitrogens with zero attached hydrogens (tertiary/aromatic N) is 2. The molecule has 1 aromatic heterocycles. The van der Waals surface area contributed by atoms with Gasteiger partial charge in [0.2, 0.25) is 0 Å². The zero-order valence-electron chi connectivity index (χ0n) is 11.8. The van der Waals surface area contributed by atoms with Crippen molar-refractivity contribution in [1.29, 1.82) is 0 Å². The monoisotopic (exact) mass is 286 g/mol. The van der Waals surface area contributed by atoms with Gasteiger partial charge < -0.3 is 14.0 Å². The predicted molar refractivity (Wildman–Crippen MR) is 76.3 cm³/mol. The molecule has 19 heavy (non-hydrogen) atoms. The molecule has 2 rings (SSSR count). The van der Waals surface area contributed by atoms with Crippen molar-refractivity contribution in [2.45, 2.75) is 32.1 Å². The summed E-state index contributed by atoms with van der Waals surface area (Å²) in [5.74, 6) is 0. The molecule has 1 aliphatic heterocycles. The maximum atomic E-state index is 5.97. The molecule has 0 spiro atoms. The smallest absolute Gasteiger partial charge is 0.157 e. The Kier molecular flexibility index (Phi) is 5.70. The van der Waals surface area contributed by atoms with Gasteiger partial charge in [-0.05, 0) is 32.4 Å². The molecule has 0 radical (unpaired) electrons. The average molecular weight is 287 g/mol. The lowest BCUT2D eigenvalue weighted by molar-refractivity contribution is -0.163. The number of aromatic nitrogens is 1. The molecule has 5 heteroatoms. The second-order valence-corrected chi connectivity index (χ2v) is 5.60. The molecular formula is C14H23ClN2O2. The van der Waals surface area contributed by atoms with Gasteiger partial charge in [0.15, 0.2) is 6.29 Å². The van der Waals surface area contributed by atoms with Gasteiger partial charge in [0.25, 0.3) is 0 Å². The van der Waals surface area contributed by atoms with Crippen molar-refractivity contribution in [3.05, 3.63) is 23.0 Å². The summed E-state index contributed by atoms with van der Waals surface area (Å²) >= 11 is 5.97. The van der Waals surface area contributed by atoms with Gasteiger partial charge in [-0.3, -0.25) is 4.90 Å². The van der Waals surface area contributed by atoms with E-state index in [9.17, 15) is 0 Å². The number of halogens is 1. The Morgan fingerprint density at radius 1 is 1.53 bits per heavy atom. The number of hydrogen-bond donors (Lipinski definition) is 0. The first-order valence-corrected chi connectivity index (χ1v) is 7.25. The molecule has 0 bridgehead atoms. The quantitative estimate of drug-likeness (QED) is 0.804. The van der Waals surface area contributed by atoms with Gasteiger partial charge in [0, 0.05) is 38.6 Å².